The lowest BCUT2D eigenvalue weighted by Crippen LogP contribution is -2.09. The van der Waals surface area contributed by atoms with Gasteiger partial charge in [-0.15, -0.1) is 0 Å². The Bertz CT molecular complexity index is 316. The quantitative estimate of drug-likeness (QED) is 0.716. The molecule has 0 aliphatic heterocycles. The van der Waals surface area contributed by atoms with Crippen LogP contribution in [0.4, 0.5) is 0 Å². The zero-order valence-corrected chi connectivity index (χ0v) is 10.0. The van der Waals surface area contributed by atoms with Crippen LogP contribution in [0.1, 0.15) is 25.3 Å². The fourth-order valence-electron chi connectivity index (χ4n) is 1.38. The van der Waals surface area contributed by atoms with Crippen LogP contribution in [0.25, 0.3) is 0 Å². The minimum atomic E-state index is 0.481. The number of benzene rings is 1. The number of aryl methyl sites for hydroxylation is 1. The Balaban J connectivity index is 2.41. The average Bonchev–Trinajstić information content (AvgIpc) is 2.34. The van der Waals surface area contributed by atoms with Crippen molar-refractivity contribution in [2.24, 2.45) is 5.73 Å². The summed E-state index contributed by atoms with van der Waals surface area (Å²) in [7, 11) is 0. The molecule has 0 atom stereocenters. The molecule has 0 aliphatic rings. The Kier molecular flexibility index (Phi) is 5.65. The molecule has 0 fully saturated rings. The van der Waals surface area contributed by atoms with Gasteiger partial charge in [0.1, 0.15) is 12.4 Å². The molecule has 0 saturated heterocycles. The lowest BCUT2D eigenvalue weighted by Gasteiger charge is -2.07. The predicted molar refractivity (Wildman–Crippen MR) is 68.7 cm³/mol. The molecule has 2 nitrogen and oxygen atoms in total. The van der Waals surface area contributed by atoms with Crippen molar-refractivity contribution in [2.45, 2.75) is 26.2 Å². The van der Waals surface area contributed by atoms with Crippen molar-refractivity contribution in [3.8, 4) is 5.75 Å². The fraction of sp³-hybridized carbons (Fsp3) is 0.429. The molecular formula is C14H21NO. The third-order valence-corrected chi connectivity index (χ3v) is 2.47. The van der Waals surface area contributed by atoms with Crippen molar-refractivity contribution in [3.63, 3.8) is 0 Å². The van der Waals surface area contributed by atoms with Gasteiger partial charge >= 0.3 is 0 Å². The second kappa shape index (κ2) is 7.07. The van der Waals surface area contributed by atoms with Crippen LogP contribution in [-0.2, 0) is 6.42 Å². The molecule has 2 heteroatoms. The lowest BCUT2D eigenvalue weighted by atomic mass is 10.1. The molecule has 1 aromatic carbocycles. The van der Waals surface area contributed by atoms with Gasteiger partial charge in [-0.3, -0.25) is 0 Å². The second-order valence-electron chi connectivity index (χ2n) is 3.99. The van der Waals surface area contributed by atoms with E-state index in [1.54, 1.807) is 0 Å². The normalized spacial score (nSPS) is 10.1. The van der Waals surface area contributed by atoms with Crippen molar-refractivity contribution in [3.05, 3.63) is 42.0 Å². The largest absolute Gasteiger partial charge is 0.489 e. The van der Waals surface area contributed by atoms with E-state index < -0.39 is 0 Å². The summed E-state index contributed by atoms with van der Waals surface area (Å²) in [5.74, 6) is 0.884. The molecule has 0 heterocycles. The molecule has 88 valence electrons. The van der Waals surface area contributed by atoms with Crippen molar-refractivity contribution in [2.75, 3.05) is 13.2 Å². The van der Waals surface area contributed by atoms with E-state index in [2.05, 4.69) is 25.6 Å². The van der Waals surface area contributed by atoms with E-state index in [0.717, 1.165) is 17.7 Å². The van der Waals surface area contributed by atoms with Crippen molar-refractivity contribution in [1.29, 1.82) is 0 Å². The number of rotatable bonds is 7. The molecule has 0 saturated carbocycles. The Morgan fingerprint density at radius 2 is 2.00 bits per heavy atom. The Morgan fingerprint density at radius 1 is 1.31 bits per heavy atom. The molecule has 16 heavy (non-hydrogen) atoms. The fourth-order valence-corrected chi connectivity index (χ4v) is 1.38. The van der Waals surface area contributed by atoms with Crippen molar-refractivity contribution >= 4 is 0 Å². The van der Waals surface area contributed by atoms with Gasteiger partial charge in [-0.25, -0.2) is 0 Å². The number of hydrogen-bond donors (Lipinski definition) is 1. The zero-order valence-electron chi connectivity index (χ0n) is 10.0. The molecule has 0 amide bonds. The van der Waals surface area contributed by atoms with Crippen LogP contribution < -0.4 is 10.5 Å². The highest BCUT2D eigenvalue weighted by atomic mass is 16.5. The van der Waals surface area contributed by atoms with Crippen LogP contribution in [0.5, 0.6) is 5.75 Å². The number of unbranched alkanes of at least 4 members (excludes halogenated alkanes) is 1. The van der Waals surface area contributed by atoms with Gasteiger partial charge in [0.15, 0.2) is 0 Å². The molecule has 0 unspecified atom stereocenters. The monoisotopic (exact) mass is 219 g/mol. The summed E-state index contributed by atoms with van der Waals surface area (Å²) in [5, 5.41) is 0. The molecule has 0 bridgehead atoms. The summed E-state index contributed by atoms with van der Waals surface area (Å²) in [5.41, 5.74) is 7.72. The van der Waals surface area contributed by atoms with Gasteiger partial charge in [0.25, 0.3) is 0 Å². The van der Waals surface area contributed by atoms with E-state index in [0.29, 0.717) is 13.2 Å². The molecule has 1 rings (SSSR count). The maximum Gasteiger partial charge on any atom is 0.119 e. The first-order valence-corrected chi connectivity index (χ1v) is 5.84. The summed E-state index contributed by atoms with van der Waals surface area (Å²) < 4.78 is 5.54. The Morgan fingerprint density at radius 3 is 2.56 bits per heavy atom. The minimum Gasteiger partial charge on any atom is -0.489 e. The smallest absolute Gasteiger partial charge is 0.119 e. The first-order chi connectivity index (χ1) is 7.76. The lowest BCUT2D eigenvalue weighted by molar-refractivity contribution is 0.351. The molecule has 1 aromatic rings. The topological polar surface area (TPSA) is 35.2 Å². The van der Waals surface area contributed by atoms with Crippen LogP contribution >= 0.6 is 0 Å². The zero-order chi connectivity index (χ0) is 11.8. The summed E-state index contributed by atoms with van der Waals surface area (Å²) in [6, 6.07) is 8.26. The molecule has 2 N–H and O–H groups in total. The van der Waals surface area contributed by atoms with Gasteiger partial charge in [-0.05, 0) is 36.1 Å². The highest BCUT2D eigenvalue weighted by molar-refractivity contribution is 5.27. The van der Waals surface area contributed by atoms with E-state index in [4.69, 9.17) is 10.5 Å². The summed E-state index contributed by atoms with van der Waals surface area (Å²) in [4.78, 5) is 0. The van der Waals surface area contributed by atoms with Crippen LogP contribution in [0.15, 0.2) is 36.4 Å². The van der Waals surface area contributed by atoms with Gasteiger partial charge in [0, 0.05) is 6.54 Å². The number of hydrogen-bond acceptors (Lipinski definition) is 2. The van der Waals surface area contributed by atoms with E-state index in [1.165, 1.54) is 18.4 Å². The van der Waals surface area contributed by atoms with Gasteiger partial charge in [-0.1, -0.05) is 32.1 Å². The van der Waals surface area contributed by atoms with Gasteiger partial charge < -0.3 is 10.5 Å². The van der Waals surface area contributed by atoms with Crippen molar-refractivity contribution in [1.82, 2.24) is 0 Å². The summed E-state index contributed by atoms with van der Waals surface area (Å²) >= 11 is 0. The maximum absolute atomic E-state index is 5.54. The first-order valence-electron chi connectivity index (χ1n) is 5.84. The third kappa shape index (κ3) is 4.49. The Labute approximate surface area is 98.1 Å². The summed E-state index contributed by atoms with van der Waals surface area (Å²) in [6.45, 7) is 6.99. The standard InChI is InChI=1S/C14H21NO/c1-3-4-5-13-6-8-14(9-7-13)16-11-12(2)10-15/h6-9H,2-5,10-11,15H2,1H3. The SMILES string of the molecule is C=C(CN)COc1ccc(CCCC)cc1. The van der Waals surface area contributed by atoms with E-state index >= 15 is 0 Å². The average molecular weight is 219 g/mol. The highest BCUT2D eigenvalue weighted by Gasteiger charge is 1.96. The molecule has 0 aromatic heterocycles. The minimum absolute atomic E-state index is 0.481. The first kappa shape index (κ1) is 12.8. The van der Waals surface area contributed by atoms with E-state index in [9.17, 15) is 0 Å². The molecule has 0 aliphatic carbocycles. The number of nitrogens with two attached hydrogens (primary N) is 1. The second-order valence-corrected chi connectivity index (χ2v) is 3.99. The third-order valence-electron chi connectivity index (χ3n) is 2.47. The molecule has 0 spiro atoms. The van der Waals surface area contributed by atoms with Gasteiger partial charge in [-0.2, -0.15) is 0 Å². The van der Waals surface area contributed by atoms with Crippen LogP contribution in [0, 0.1) is 0 Å². The van der Waals surface area contributed by atoms with E-state index in [1.807, 2.05) is 12.1 Å². The van der Waals surface area contributed by atoms with E-state index in [-0.39, 0.29) is 0 Å². The Hall–Kier alpha value is -1.28. The summed E-state index contributed by atoms with van der Waals surface area (Å²) in [6.07, 6.45) is 3.62. The van der Waals surface area contributed by atoms with Gasteiger partial charge in [0.05, 0.1) is 0 Å². The van der Waals surface area contributed by atoms with Gasteiger partial charge in [0.2, 0.25) is 0 Å². The number of ether oxygens (including phenoxy) is 1. The van der Waals surface area contributed by atoms with Crippen LogP contribution in [0.3, 0.4) is 0 Å². The maximum atomic E-state index is 5.54. The van der Waals surface area contributed by atoms with Crippen LogP contribution in [-0.4, -0.2) is 13.2 Å². The molecule has 0 radical (unpaired) electrons. The van der Waals surface area contributed by atoms with Crippen LogP contribution in [0.2, 0.25) is 0 Å². The highest BCUT2D eigenvalue weighted by Crippen LogP contribution is 2.14. The predicted octanol–water partition coefficient (Wildman–Crippen LogP) is 2.92. The van der Waals surface area contributed by atoms with Crippen molar-refractivity contribution < 1.29 is 4.74 Å². The molecular weight excluding hydrogens is 198 g/mol.